The van der Waals surface area contributed by atoms with Gasteiger partial charge in [0.2, 0.25) is 0 Å². The third-order valence-electron chi connectivity index (χ3n) is 7.20. The minimum absolute atomic E-state index is 0.00242. The first-order valence-electron chi connectivity index (χ1n) is 12.4. The van der Waals surface area contributed by atoms with Gasteiger partial charge in [-0.2, -0.15) is 0 Å². The number of likely N-dealkylation sites (tertiary alicyclic amines) is 1. The summed E-state index contributed by atoms with van der Waals surface area (Å²) in [5, 5.41) is 4.77. The molecule has 2 aromatic carbocycles. The number of carbonyl (C=O) groups is 2. The van der Waals surface area contributed by atoms with Crippen LogP contribution in [-0.4, -0.2) is 60.0 Å². The molecule has 0 unspecified atom stereocenters. The number of piperidine rings is 1. The lowest BCUT2D eigenvalue weighted by atomic mass is 9.75. The van der Waals surface area contributed by atoms with E-state index >= 15 is 0 Å². The average molecular weight is 480 g/mol. The van der Waals surface area contributed by atoms with E-state index in [2.05, 4.69) is 5.32 Å². The van der Waals surface area contributed by atoms with Crippen LogP contribution in [0.3, 0.4) is 0 Å². The van der Waals surface area contributed by atoms with E-state index in [9.17, 15) is 9.59 Å². The molecule has 4 rings (SSSR count). The Morgan fingerprint density at radius 2 is 1.54 bits per heavy atom. The Morgan fingerprint density at radius 3 is 2.14 bits per heavy atom. The lowest BCUT2D eigenvalue weighted by Gasteiger charge is -2.33. The van der Waals surface area contributed by atoms with Crippen LogP contribution < -0.4 is 10.8 Å². The number of rotatable bonds is 3. The van der Waals surface area contributed by atoms with Crippen molar-refractivity contribution in [3.63, 3.8) is 0 Å². The lowest BCUT2D eigenvalue weighted by Crippen LogP contribution is -2.47. The molecule has 0 aliphatic carbocycles. The standard InChI is InChI=1S/C27H37BN2O5/c1-25(2,3)33-24(32)29-18-14-16-30(17-15-18)23(31)21-12-8-11-20-19(21)10-9-13-22(20)28-34-26(4,5)27(6,7)35-28/h8-13,18H,14-17H2,1-7H3,(H,29,32). The second kappa shape index (κ2) is 9.14. The summed E-state index contributed by atoms with van der Waals surface area (Å²) in [5.74, 6) is -0.00242. The summed E-state index contributed by atoms with van der Waals surface area (Å²) in [4.78, 5) is 27.5. The van der Waals surface area contributed by atoms with E-state index in [0.717, 1.165) is 16.2 Å². The van der Waals surface area contributed by atoms with Gasteiger partial charge in [0.25, 0.3) is 5.91 Å². The van der Waals surface area contributed by atoms with Crippen molar-refractivity contribution < 1.29 is 23.6 Å². The summed E-state index contributed by atoms with van der Waals surface area (Å²) in [5.41, 5.74) is 0.180. The van der Waals surface area contributed by atoms with Crippen molar-refractivity contribution in [1.29, 1.82) is 0 Å². The van der Waals surface area contributed by atoms with Gasteiger partial charge in [-0.15, -0.1) is 0 Å². The smallest absolute Gasteiger partial charge is 0.444 e. The monoisotopic (exact) mass is 480 g/mol. The van der Waals surface area contributed by atoms with Crippen molar-refractivity contribution in [3.8, 4) is 0 Å². The molecule has 0 atom stereocenters. The Hall–Kier alpha value is -2.58. The maximum atomic E-state index is 13.5. The average Bonchev–Trinajstić information content (AvgIpc) is 2.98. The topological polar surface area (TPSA) is 77.1 Å². The zero-order chi connectivity index (χ0) is 25.6. The maximum absolute atomic E-state index is 13.5. The van der Waals surface area contributed by atoms with Crippen molar-refractivity contribution in [3.05, 3.63) is 42.0 Å². The molecular weight excluding hydrogens is 443 g/mol. The zero-order valence-corrected chi connectivity index (χ0v) is 21.9. The summed E-state index contributed by atoms with van der Waals surface area (Å²) in [7, 11) is -0.497. The number of hydrogen-bond acceptors (Lipinski definition) is 5. The van der Waals surface area contributed by atoms with Gasteiger partial charge >= 0.3 is 13.2 Å². The molecule has 2 aliphatic heterocycles. The Labute approximate surface area is 208 Å². The van der Waals surface area contributed by atoms with Gasteiger partial charge in [-0.25, -0.2) is 4.79 Å². The number of carbonyl (C=O) groups excluding carboxylic acids is 2. The van der Waals surface area contributed by atoms with Crippen LogP contribution in [0.5, 0.6) is 0 Å². The minimum Gasteiger partial charge on any atom is -0.444 e. The molecule has 0 radical (unpaired) electrons. The summed E-state index contributed by atoms with van der Waals surface area (Å²) in [6, 6.07) is 11.8. The number of nitrogens with one attached hydrogen (secondary N) is 1. The second-order valence-electron chi connectivity index (χ2n) is 11.5. The summed E-state index contributed by atoms with van der Waals surface area (Å²) >= 11 is 0. The molecule has 2 aliphatic rings. The predicted octanol–water partition coefficient (Wildman–Crippen LogP) is 4.27. The summed E-state index contributed by atoms with van der Waals surface area (Å²) in [6.07, 6.45) is 0.968. The van der Waals surface area contributed by atoms with Gasteiger partial charge in [-0.05, 0) is 83.6 Å². The molecule has 8 heteroatoms. The molecule has 0 saturated carbocycles. The first-order valence-corrected chi connectivity index (χ1v) is 12.4. The third kappa shape index (κ3) is 5.33. The van der Waals surface area contributed by atoms with E-state index in [0.29, 0.717) is 31.5 Å². The van der Waals surface area contributed by atoms with E-state index in [1.54, 1.807) is 0 Å². The first kappa shape index (κ1) is 25.5. The van der Waals surface area contributed by atoms with Crippen molar-refractivity contribution in [2.75, 3.05) is 13.1 Å². The molecule has 0 aromatic heterocycles. The van der Waals surface area contributed by atoms with Gasteiger partial charge in [0, 0.05) is 24.7 Å². The molecule has 1 N–H and O–H groups in total. The van der Waals surface area contributed by atoms with Crippen molar-refractivity contribution in [2.24, 2.45) is 0 Å². The van der Waals surface area contributed by atoms with Crippen molar-refractivity contribution in [2.45, 2.75) is 84.2 Å². The number of benzene rings is 2. The summed E-state index contributed by atoms with van der Waals surface area (Å²) < 4.78 is 17.9. The molecule has 0 bridgehead atoms. The minimum atomic E-state index is -0.534. The number of hydrogen-bond donors (Lipinski definition) is 1. The SMILES string of the molecule is CC(C)(C)OC(=O)NC1CCN(C(=O)c2cccc3c(B4OC(C)(C)C(C)(C)O4)cccc23)CC1. The van der Waals surface area contributed by atoms with Crippen LogP contribution in [0.1, 0.15) is 71.7 Å². The maximum Gasteiger partial charge on any atom is 0.495 e. The normalized spacial score (nSPS) is 20.2. The Bertz CT molecular complexity index is 1100. The van der Waals surface area contributed by atoms with Gasteiger partial charge < -0.3 is 24.3 Å². The van der Waals surface area contributed by atoms with Crippen LogP contribution in [0, 0.1) is 0 Å². The van der Waals surface area contributed by atoms with Gasteiger partial charge in [-0.3, -0.25) is 4.79 Å². The third-order valence-corrected chi connectivity index (χ3v) is 7.20. The van der Waals surface area contributed by atoms with Gasteiger partial charge in [-0.1, -0.05) is 30.3 Å². The van der Waals surface area contributed by atoms with E-state index in [1.165, 1.54) is 0 Å². The molecular formula is C27H37BN2O5. The van der Waals surface area contributed by atoms with E-state index < -0.39 is 30.0 Å². The van der Waals surface area contributed by atoms with E-state index in [1.807, 2.05) is 89.8 Å². The number of nitrogens with zero attached hydrogens (tertiary/aromatic N) is 1. The zero-order valence-electron chi connectivity index (χ0n) is 21.9. The molecule has 2 aromatic rings. The quantitative estimate of drug-likeness (QED) is 0.665. The van der Waals surface area contributed by atoms with Crippen molar-refractivity contribution in [1.82, 2.24) is 10.2 Å². The Kier molecular flexibility index (Phi) is 6.66. The molecule has 2 amide bonds. The second-order valence-corrected chi connectivity index (χ2v) is 11.5. The number of ether oxygens (including phenoxy) is 1. The van der Waals surface area contributed by atoms with Crippen LogP contribution in [0.15, 0.2) is 36.4 Å². The van der Waals surface area contributed by atoms with Gasteiger partial charge in [0.05, 0.1) is 11.2 Å². The lowest BCUT2D eigenvalue weighted by molar-refractivity contribution is 0.00578. The number of fused-ring (bicyclic) bond motifs is 1. The predicted molar refractivity (Wildman–Crippen MR) is 138 cm³/mol. The summed E-state index contributed by atoms with van der Waals surface area (Å²) in [6.45, 7) is 14.8. The van der Waals surface area contributed by atoms with Crippen LogP contribution in [0.25, 0.3) is 10.8 Å². The fourth-order valence-corrected chi connectivity index (χ4v) is 4.57. The van der Waals surface area contributed by atoms with Crippen LogP contribution in [-0.2, 0) is 14.0 Å². The fourth-order valence-electron chi connectivity index (χ4n) is 4.57. The highest BCUT2D eigenvalue weighted by atomic mass is 16.7. The van der Waals surface area contributed by atoms with Gasteiger partial charge in [0.15, 0.2) is 0 Å². The molecule has 7 nitrogen and oxygen atoms in total. The highest BCUT2D eigenvalue weighted by Crippen LogP contribution is 2.37. The first-order chi connectivity index (χ1) is 16.3. The molecule has 35 heavy (non-hydrogen) atoms. The largest absolute Gasteiger partial charge is 0.495 e. The van der Waals surface area contributed by atoms with Crippen LogP contribution in [0.2, 0.25) is 0 Å². The van der Waals surface area contributed by atoms with Gasteiger partial charge in [0.1, 0.15) is 5.60 Å². The number of alkyl carbamates (subject to hydrolysis) is 1. The molecule has 2 heterocycles. The van der Waals surface area contributed by atoms with E-state index in [4.69, 9.17) is 14.0 Å². The molecule has 0 spiro atoms. The van der Waals surface area contributed by atoms with Crippen molar-refractivity contribution >= 4 is 35.4 Å². The van der Waals surface area contributed by atoms with Crippen LogP contribution in [0.4, 0.5) is 4.79 Å². The highest BCUT2D eigenvalue weighted by molar-refractivity contribution is 6.65. The Morgan fingerprint density at radius 1 is 0.971 bits per heavy atom. The van der Waals surface area contributed by atoms with E-state index in [-0.39, 0.29) is 11.9 Å². The molecule has 2 fully saturated rings. The highest BCUT2D eigenvalue weighted by Gasteiger charge is 2.52. The Balaban J connectivity index is 1.49. The number of amides is 2. The molecule has 2 saturated heterocycles. The molecule has 188 valence electrons. The fraction of sp³-hybridized carbons (Fsp3) is 0.556. The van der Waals surface area contributed by atoms with Crippen LogP contribution >= 0.6 is 0 Å².